The largest absolute Gasteiger partial charge is 0.493 e. The van der Waals surface area contributed by atoms with Crippen LogP contribution in [-0.4, -0.2) is 30.4 Å². The van der Waals surface area contributed by atoms with Gasteiger partial charge in [-0.25, -0.2) is 9.59 Å². The molecule has 0 saturated heterocycles. The second-order valence-electron chi connectivity index (χ2n) is 2.72. The van der Waals surface area contributed by atoms with Crippen LogP contribution >= 0.6 is 0 Å². The topological polar surface area (TPSA) is 89.9 Å². The summed E-state index contributed by atoms with van der Waals surface area (Å²) in [5.41, 5.74) is 0.326. The van der Waals surface area contributed by atoms with Crippen molar-refractivity contribution in [2.24, 2.45) is 0 Å². The minimum atomic E-state index is -1.71. The fourth-order valence-corrected chi connectivity index (χ4v) is 0.985. The number of carboxylic acids is 1. The van der Waals surface area contributed by atoms with Crippen LogP contribution < -0.4 is 9.47 Å². The maximum atomic E-state index is 10.8. The van der Waals surface area contributed by atoms with Crippen molar-refractivity contribution in [3.8, 4) is 11.5 Å². The van der Waals surface area contributed by atoms with E-state index < -0.39 is 11.9 Å². The zero-order valence-electron chi connectivity index (χ0n) is 8.30. The Balaban J connectivity index is 3.00. The van der Waals surface area contributed by atoms with Crippen LogP contribution in [0.15, 0.2) is 18.2 Å². The van der Waals surface area contributed by atoms with E-state index in [2.05, 4.69) is 4.74 Å². The lowest BCUT2D eigenvalue weighted by atomic mass is 10.2. The van der Waals surface area contributed by atoms with Crippen LogP contribution in [-0.2, 0) is 9.59 Å². The number of carbonyl (C=O) groups is 3. The third kappa shape index (κ3) is 2.57. The average molecular weight is 224 g/mol. The van der Waals surface area contributed by atoms with E-state index in [0.29, 0.717) is 11.8 Å². The Morgan fingerprint density at radius 2 is 2.00 bits per heavy atom. The van der Waals surface area contributed by atoms with Gasteiger partial charge in [0.1, 0.15) is 6.29 Å². The Kier molecular flexibility index (Phi) is 3.60. The normalized spacial score (nSPS) is 9.31. The van der Waals surface area contributed by atoms with E-state index >= 15 is 0 Å². The van der Waals surface area contributed by atoms with Crippen LogP contribution in [0.5, 0.6) is 11.5 Å². The molecule has 0 aliphatic rings. The fourth-order valence-electron chi connectivity index (χ4n) is 0.985. The molecule has 1 rings (SSSR count). The van der Waals surface area contributed by atoms with Gasteiger partial charge in [-0.1, -0.05) is 0 Å². The number of aliphatic carboxylic acids is 1. The van der Waals surface area contributed by atoms with Gasteiger partial charge in [0.25, 0.3) is 0 Å². The minimum absolute atomic E-state index is 0.0551. The van der Waals surface area contributed by atoms with Crippen LogP contribution in [0.3, 0.4) is 0 Å². The van der Waals surface area contributed by atoms with Crippen LogP contribution in [0.4, 0.5) is 0 Å². The lowest BCUT2D eigenvalue weighted by Crippen LogP contribution is -2.19. The predicted molar refractivity (Wildman–Crippen MR) is 51.7 cm³/mol. The first-order valence-electron chi connectivity index (χ1n) is 4.16. The maximum absolute atomic E-state index is 10.8. The Labute approximate surface area is 90.4 Å². The molecule has 16 heavy (non-hydrogen) atoms. The number of ether oxygens (including phenoxy) is 2. The summed E-state index contributed by atoms with van der Waals surface area (Å²) in [4.78, 5) is 31.5. The van der Waals surface area contributed by atoms with Crippen LogP contribution in [0.2, 0.25) is 0 Å². The molecule has 84 valence electrons. The number of esters is 1. The van der Waals surface area contributed by atoms with Crippen LogP contribution in [0, 0.1) is 0 Å². The molecule has 6 heteroatoms. The van der Waals surface area contributed by atoms with Crippen molar-refractivity contribution in [2.45, 2.75) is 0 Å². The number of methoxy groups -OCH3 is 1. The second kappa shape index (κ2) is 4.92. The summed E-state index contributed by atoms with van der Waals surface area (Å²) in [6.45, 7) is 0. The van der Waals surface area contributed by atoms with Gasteiger partial charge >= 0.3 is 11.9 Å². The van der Waals surface area contributed by atoms with Crippen molar-refractivity contribution in [3.05, 3.63) is 23.8 Å². The van der Waals surface area contributed by atoms with Crippen molar-refractivity contribution < 1.29 is 29.0 Å². The Bertz CT molecular complexity index is 437. The summed E-state index contributed by atoms with van der Waals surface area (Å²) in [5, 5.41) is 8.34. The van der Waals surface area contributed by atoms with E-state index in [1.54, 1.807) is 0 Å². The van der Waals surface area contributed by atoms with E-state index in [1.165, 1.54) is 25.3 Å². The molecule has 0 atom stereocenters. The summed E-state index contributed by atoms with van der Waals surface area (Å²) in [7, 11) is 1.31. The molecule has 1 N–H and O–H groups in total. The lowest BCUT2D eigenvalue weighted by Gasteiger charge is -2.07. The molecular formula is C10H8O6. The molecule has 6 nitrogen and oxygen atoms in total. The fraction of sp³-hybridized carbons (Fsp3) is 0.100. The maximum Gasteiger partial charge on any atom is 0.422 e. The lowest BCUT2D eigenvalue weighted by molar-refractivity contribution is -0.158. The highest BCUT2D eigenvalue weighted by atomic mass is 16.6. The molecule has 0 aliphatic heterocycles. The average Bonchev–Trinajstić information content (AvgIpc) is 2.29. The summed E-state index contributed by atoms with van der Waals surface area (Å²) >= 11 is 0. The van der Waals surface area contributed by atoms with Crippen LogP contribution in [0.1, 0.15) is 10.4 Å². The molecule has 0 fully saturated rings. The summed E-state index contributed by atoms with van der Waals surface area (Å²) in [6, 6.07) is 3.99. The van der Waals surface area contributed by atoms with Gasteiger partial charge in [-0.2, -0.15) is 0 Å². The number of rotatable bonds is 3. The van der Waals surface area contributed by atoms with Gasteiger partial charge in [0.15, 0.2) is 11.5 Å². The molecule has 1 aromatic rings. The number of hydrogen-bond donors (Lipinski definition) is 1. The van der Waals surface area contributed by atoms with Gasteiger partial charge in [-0.15, -0.1) is 0 Å². The van der Waals surface area contributed by atoms with E-state index in [1.807, 2.05) is 0 Å². The molecule has 1 aromatic carbocycles. The second-order valence-corrected chi connectivity index (χ2v) is 2.72. The number of carbonyl (C=O) groups excluding carboxylic acids is 2. The molecule has 0 spiro atoms. The number of aldehydes is 1. The molecular weight excluding hydrogens is 216 g/mol. The van der Waals surface area contributed by atoms with Gasteiger partial charge in [-0.05, 0) is 18.2 Å². The van der Waals surface area contributed by atoms with Gasteiger partial charge in [-0.3, -0.25) is 4.79 Å². The zero-order chi connectivity index (χ0) is 12.1. The molecule has 0 aromatic heterocycles. The number of hydrogen-bond acceptors (Lipinski definition) is 5. The van der Waals surface area contributed by atoms with Crippen molar-refractivity contribution in [1.82, 2.24) is 0 Å². The van der Waals surface area contributed by atoms with Gasteiger partial charge in [0.2, 0.25) is 0 Å². The van der Waals surface area contributed by atoms with Crippen molar-refractivity contribution in [1.29, 1.82) is 0 Å². The van der Waals surface area contributed by atoms with Gasteiger partial charge in [0.05, 0.1) is 7.11 Å². The summed E-state index contributed by atoms with van der Waals surface area (Å²) in [6.07, 6.45) is 0.589. The van der Waals surface area contributed by atoms with Crippen LogP contribution in [0.25, 0.3) is 0 Å². The number of benzene rings is 1. The highest BCUT2D eigenvalue weighted by Gasteiger charge is 2.17. The number of carboxylic acid groups (broad SMARTS) is 1. The predicted octanol–water partition coefficient (Wildman–Crippen LogP) is 0.498. The Hall–Kier alpha value is -2.37. The van der Waals surface area contributed by atoms with Gasteiger partial charge < -0.3 is 14.6 Å². The molecule has 0 amide bonds. The molecule has 0 radical (unpaired) electrons. The SMILES string of the molecule is COc1cc(C=O)ccc1OC(=O)C(=O)O. The standard InChI is InChI=1S/C10H8O6/c1-15-8-4-6(5-11)2-3-7(8)16-10(14)9(12)13/h2-5H,1H3,(H,12,13). The van der Waals surface area contributed by atoms with Crippen molar-refractivity contribution in [2.75, 3.05) is 7.11 Å². The monoisotopic (exact) mass is 224 g/mol. The van der Waals surface area contributed by atoms with E-state index in [-0.39, 0.29) is 11.5 Å². The van der Waals surface area contributed by atoms with E-state index in [4.69, 9.17) is 9.84 Å². The highest BCUT2D eigenvalue weighted by Crippen LogP contribution is 2.27. The molecule has 0 bridgehead atoms. The zero-order valence-corrected chi connectivity index (χ0v) is 8.30. The first-order valence-corrected chi connectivity index (χ1v) is 4.16. The van der Waals surface area contributed by atoms with Crippen molar-refractivity contribution in [3.63, 3.8) is 0 Å². The minimum Gasteiger partial charge on any atom is -0.493 e. The molecule has 0 aliphatic carbocycles. The summed E-state index contributed by atoms with van der Waals surface area (Å²) in [5.74, 6) is -3.07. The first kappa shape index (κ1) is 11.7. The third-order valence-corrected chi connectivity index (χ3v) is 1.70. The molecule has 0 unspecified atom stereocenters. The van der Waals surface area contributed by atoms with Gasteiger partial charge in [0, 0.05) is 5.56 Å². The Morgan fingerprint density at radius 3 is 2.50 bits per heavy atom. The summed E-state index contributed by atoms with van der Waals surface area (Å²) < 4.78 is 9.36. The molecule has 0 saturated carbocycles. The van der Waals surface area contributed by atoms with Crippen molar-refractivity contribution >= 4 is 18.2 Å². The smallest absolute Gasteiger partial charge is 0.422 e. The Morgan fingerprint density at radius 1 is 1.31 bits per heavy atom. The van der Waals surface area contributed by atoms with E-state index in [9.17, 15) is 14.4 Å². The third-order valence-electron chi connectivity index (χ3n) is 1.70. The van der Waals surface area contributed by atoms with E-state index in [0.717, 1.165) is 0 Å². The molecule has 0 heterocycles. The highest BCUT2D eigenvalue weighted by molar-refractivity contribution is 6.29. The first-order chi connectivity index (χ1) is 7.58. The quantitative estimate of drug-likeness (QED) is 0.348.